The molecule has 0 N–H and O–H groups in total. The van der Waals surface area contributed by atoms with E-state index in [0.717, 1.165) is 16.8 Å². The maximum absolute atomic E-state index is 14.2. The predicted octanol–water partition coefficient (Wildman–Crippen LogP) is 4.19. The molecule has 0 fully saturated rings. The van der Waals surface area contributed by atoms with Crippen molar-refractivity contribution in [3.8, 4) is 28.4 Å². The second-order valence-corrected chi connectivity index (χ2v) is 11.2. The lowest BCUT2D eigenvalue weighted by molar-refractivity contribution is -0.136. The summed E-state index contributed by atoms with van der Waals surface area (Å²) >= 11 is 1.22. The van der Waals surface area contributed by atoms with Gasteiger partial charge in [-0.05, 0) is 42.8 Å². The molecule has 1 atom stereocenters. The number of para-hydroxylation sites is 1. The summed E-state index contributed by atoms with van der Waals surface area (Å²) in [4.78, 5) is 44.1. The van der Waals surface area contributed by atoms with Crippen LogP contribution in [0, 0.1) is 0 Å². The van der Waals surface area contributed by atoms with Crippen LogP contribution in [-0.2, 0) is 14.3 Å². The van der Waals surface area contributed by atoms with Crippen LogP contribution in [0.1, 0.15) is 31.0 Å². The Hall–Kier alpha value is -5.55. The van der Waals surface area contributed by atoms with E-state index in [1.165, 1.54) is 37.0 Å². The molecule has 3 heterocycles. The molecule has 3 aromatic carbocycles. The SMILES string of the molecule is COC(=O)C1=C(C)N=c2s/c(=C/c3cn(-c4ccccc4)nc3-c3ccccc3)c(=O)n2[C@@H]1c1ccc(OC(C)=O)c(OC)c1. The molecule has 5 aromatic rings. The lowest BCUT2D eigenvalue weighted by Crippen LogP contribution is -2.39. The van der Waals surface area contributed by atoms with Crippen LogP contribution in [0.25, 0.3) is 23.0 Å². The van der Waals surface area contributed by atoms with Gasteiger partial charge in [-0.2, -0.15) is 5.10 Å². The van der Waals surface area contributed by atoms with Crippen molar-refractivity contribution in [1.29, 1.82) is 0 Å². The molecule has 0 unspecified atom stereocenters. The first kappa shape index (κ1) is 29.5. The van der Waals surface area contributed by atoms with E-state index in [2.05, 4.69) is 4.99 Å². The number of methoxy groups -OCH3 is 2. The van der Waals surface area contributed by atoms with Crippen molar-refractivity contribution < 1.29 is 23.8 Å². The molecule has 0 saturated carbocycles. The van der Waals surface area contributed by atoms with Gasteiger partial charge in [0.15, 0.2) is 16.3 Å². The molecule has 0 radical (unpaired) electrons. The highest BCUT2D eigenvalue weighted by molar-refractivity contribution is 7.07. The molecular formula is C34H28N4O6S. The zero-order chi connectivity index (χ0) is 31.7. The minimum atomic E-state index is -0.878. The maximum Gasteiger partial charge on any atom is 0.338 e. The molecule has 0 spiro atoms. The Morgan fingerprint density at radius 1 is 0.956 bits per heavy atom. The maximum atomic E-state index is 14.2. The van der Waals surface area contributed by atoms with Gasteiger partial charge in [-0.3, -0.25) is 14.2 Å². The summed E-state index contributed by atoms with van der Waals surface area (Å²) in [7, 11) is 2.73. The summed E-state index contributed by atoms with van der Waals surface area (Å²) in [6, 6.07) is 23.5. The van der Waals surface area contributed by atoms with Gasteiger partial charge >= 0.3 is 11.9 Å². The van der Waals surface area contributed by atoms with E-state index in [1.54, 1.807) is 35.9 Å². The van der Waals surface area contributed by atoms with Gasteiger partial charge in [-0.15, -0.1) is 0 Å². The second-order valence-electron chi connectivity index (χ2n) is 10.2. The number of rotatable bonds is 7. The Balaban J connectivity index is 1.56. The third kappa shape index (κ3) is 5.61. The van der Waals surface area contributed by atoms with Crippen LogP contribution in [0.3, 0.4) is 0 Å². The number of fused-ring (bicyclic) bond motifs is 1. The molecule has 0 amide bonds. The molecular weight excluding hydrogens is 592 g/mol. The van der Waals surface area contributed by atoms with E-state index < -0.39 is 18.0 Å². The molecule has 1 aliphatic rings. The van der Waals surface area contributed by atoms with Gasteiger partial charge in [0, 0.05) is 24.2 Å². The van der Waals surface area contributed by atoms with E-state index in [4.69, 9.17) is 19.3 Å². The van der Waals surface area contributed by atoms with E-state index in [1.807, 2.05) is 66.9 Å². The summed E-state index contributed by atoms with van der Waals surface area (Å²) in [5.74, 6) is -0.644. The van der Waals surface area contributed by atoms with Crippen molar-refractivity contribution in [2.24, 2.45) is 4.99 Å². The highest BCUT2D eigenvalue weighted by Crippen LogP contribution is 2.36. The van der Waals surface area contributed by atoms with E-state index in [-0.39, 0.29) is 22.6 Å². The lowest BCUT2D eigenvalue weighted by atomic mass is 9.95. The quantitative estimate of drug-likeness (QED) is 0.198. The number of benzene rings is 3. The monoisotopic (exact) mass is 620 g/mol. The largest absolute Gasteiger partial charge is 0.493 e. The van der Waals surface area contributed by atoms with Crippen molar-refractivity contribution >= 4 is 29.4 Å². The Morgan fingerprint density at radius 3 is 2.33 bits per heavy atom. The zero-order valence-corrected chi connectivity index (χ0v) is 25.7. The molecule has 0 aliphatic carbocycles. The first-order valence-electron chi connectivity index (χ1n) is 14.0. The number of aromatic nitrogens is 3. The van der Waals surface area contributed by atoms with E-state index in [9.17, 15) is 14.4 Å². The van der Waals surface area contributed by atoms with Crippen LogP contribution in [0.4, 0.5) is 0 Å². The summed E-state index contributed by atoms with van der Waals surface area (Å²) in [5.41, 5.74) is 4.06. The molecule has 45 heavy (non-hydrogen) atoms. The molecule has 6 rings (SSSR count). The predicted molar refractivity (Wildman–Crippen MR) is 169 cm³/mol. The molecule has 2 aromatic heterocycles. The summed E-state index contributed by atoms with van der Waals surface area (Å²) < 4.78 is 19.6. The van der Waals surface area contributed by atoms with E-state index in [0.29, 0.717) is 26.3 Å². The number of esters is 2. The minimum Gasteiger partial charge on any atom is -0.493 e. The number of carbonyl (C=O) groups excluding carboxylic acids is 2. The number of ether oxygens (including phenoxy) is 3. The first-order valence-corrected chi connectivity index (χ1v) is 14.8. The van der Waals surface area contributed by atoms with Crippen molar-refractivity contribution in [1.82, 2.24) is 14.3 Å². The first-order chi connectivity index (χ1) is 21.8. The Labute approximate surface area is 261 Å². The van der Waals surface area contributed by atoms with Gasteiger partial charge in [0.05, 0.1) is 47.4 Å². The summed E-state index contributed by atoms with van der Waals surface area (Å²) in [6.45, 7) is 3.00. The van der Waals surface area contributed by atoms with Gasteiger partial charge in [0.2, 0.25) is 0 Å². The normalized spacial score (nSPS) is 14.5. The molecule has 11 heteroatoms. The van der Waals surface area contributed by atoms with Crippen molar-refractivity contribution in [3.05, 3.63) is 127 Å². The zero-order valence-electron chi connectivity index (χ0n) is 24.9. The van der Waals surface area contributed by atoms with Crippen molar-refractivity contribution in [2.45, 2.75) is 19.9 Å². The molecule has 226 valence electrons. The van der Waals surface area contributed by atoms with Crippen LogP contribution in [0.2, 0.25) is 0 Å². The number of hydrogen-bond donors (Lipinski definition) is 0. The summed E-state index contributed by atoms with van der Waals surface area (Å²) in [5, 5.41) is 4.87. The third-order valence-electron chi connectivity index (χ3n) is 7.28. The van der Waals surface area contributed by atoms with Crippen molar-refractivity contribution in [3.63, 3.8) is 0 Å². The van der Waals surface area contributed by atoms with Crippen LogP contribution in [0.15, 0.2) is 106 Å². The number of nitrogens with zero attached hydrogens (tertiary/aromatic N) is 4. The molecule has 1 aliphatic heterocycles. The van der Waals surface area contributed by atoms with Crippen molar-refractivity contribution in [2.75, 3.05) is 14.2 Å². The fourth-order valence-corrected chi connectivity index (χ4v) is 6.31. The number of carbonyl (C=O) groups is 2. The standard InChI is InChI=1S/C34H28N4O6S/c1-20-29(33(41)43-4)31(23-15-16-26(44-21(2)39)27(17-23)42-3)38-32(40)28(45-34(38)35-20)18-24-19-37(25-13-9-6-10-14-25)36-30(24)22-11-7-5-8-12-22/h5-19,31H,1-4H3/b28-18+/t31-/m1/s1. The van der Waals surface area contributed by atoms with Crippen LogP contribution in [-0.4, -0.2) is 40.5 Å². The third-order valence-corrected chi connectivity index (χ3v) is 8.26. The van der Waals surface area contributed by atoms with Gasteiger partial charge in [-0.1, -0.05) is 65.9 Å². The highest BCUT2D eigenvalue weighted by atomic mass is 32.1. The number of thiazole rings is 1. The van der Waals surface area contributed by atoms with Crippen LogP contribution >= 0.6 is 11.3 Å². The average molecular weight is 621 g/mol. The Bertz CT molecular complexity index is 2150. The average Bonchev–Trinajstić information content (AvgIpc) is 3.61. The Morgan fingerprint density at radius 2 is 1.67 bits per heavy atom. The van der Waals surface area contributed by atoms with Crippen LogP contribution < -0.4 is 24.4 Å². The number of allylic oxidation sites excluding steroid dienone is 1. The summed E-state index contributed by atoms with van der Waals surface area (Å²) in [6.07, 6.45) is 3.69. The topological polar surface area (TPSA) is 114 Å². The van der Waals surface area contributed by atoms with Gasteiger partial charge in [0.25, 0.3) is 5.56 Å². The van der Waals surface area contributed by atoms with Gasteiger partial charge in [-0.25, -0.2) is 14.5 Å². The smallest absolute Gasteiger partial charge is 0.338 e. The minimum absolute atomic E-state index is 0.209. The fraction of sp³-hybridized carbons (Fsp3) is 0.147. The second kappa shape index (κ2) is 12.2. The van der Waals surface area contributed by atoms with Gasteiger partial charge < -0.3 is 14.2 Å². The van der Waals surface area contributed by atoms with E-state index >= 15 is 0 Å². The fourth-order valence-electron chi connectivity index (χ4n) is 5.27. The number of hydrogen-bond acceptors (Lipinski definition) is 9. The van der Waals surface area contributed by atoms with Crippen LogP contribution in [0.5, 0.6) is 11.5 Å². The van der Waals surface area contributed by atoms with Gasteiger partial charge in [0.1, 0.15) is 0 Å². The molecule has 0 saturated heterocycles. The highest BCUT2D eigenvalue weighted by Gasteiger charge is 2.34. The molecule has 0 bridgehead atoms. The lowest BCUT2D eigenvalue weighted by Gasteiger charge is -2.25. The molecule has 10 nitrogen and oxygen atoms in total. The Kier molecular flexibility index (Phi) is 8.01.